The molecule has 1 saturated heterocycles. The molecule has 1 aliphatic rings. The van der Waals surface area contributed by atoms with Crippen LogP contribution in [0.2, 0.25) is 0 Å². The van der Waals surface area contributed by atoms with Gasteiger partial charge < -0.3 is 5.11 Å². The maximum Gasteiger partial charge on any atom is 0.416 e. The number of alkyl halides is 3. The first-order valence-corrected chi connectivity index (χ1v) is 8.42. The summed E-state index contributed by atoms with van der Waals surface area (Å²) in [6, 6.07) is 2.99. The third-order valence-electron chi connectivity index (χ3n) is 3.90. The number of sulfone groups is 1. The zero-order valence-electron chi connectivity index (χ0n) is 11.5. The summed E-state index contributed by atoms with van der Waals surface area (Å²) in [5, 5.41) is 9.37. The lowest BCUT2D eigenvalue weighted by Crippen LogP contribution is -2.34. The highest BCUT2D eigenvalue weighted by molar-refractivity contribution is 7.92. The number of benzene rings is 1. The molecule has 7 heteroatoms. The fourth-order valence-corrected chi connectivity index (χ4v) is 4.69. The van der Waals surface area contributed by atoms with Gasteiger partial charge >= 0.3 is 6.18 Å². The van der Waals surface area contributed by atoms with Gasteiger partial charge in [0.2, 0.25) is 0 Å². The molecule has 3 nitrogen and oxygen atoms in total. The van der Waals surface area contributed by atoms with E-state index in [0.29, 0.717) is 19.3 Å². The molecule has 0 aliphatic carbocycles. The SMILES string of the molecule is Cc1cc(C(F)(F)F)ccc1C(O)C1CCCCS1(=O)=O. The Morgan fingerprint density at radius 3 is 2.48 bits per heavy atom. The van der Waals surface area contributed by atoms with Crippen molar-refractivity contribution in [3.63, 3.8) is 0 Å². The van der Waals surface area contributed by atoms with Gasteiger partial charge in [-0.05, 0) is 43.0 Å². The fraction of sp³-hybridized carbons (Fsp3) is 0.571. The van der Waals surface area contributed by atoms with E-state index in [2.05, 4.69) is 0 Å². The van der Waals surface area contributed by atoms with Crippen LogP contribution in [0.3, 0.4) is 0 Å². The van der Waals surface area contributed by atoms with Crippen molar-refractivity contribution < 1.29 is 26.7 Å². The van der Waals surface area contributed by atoms with E-state index in [0.717, 1.165) is 12.1 Å². The van der Waals surface area contributed by atoms with Gasteiger partial charge in [-0.15, -0.1) is 0 Å². The van der Waals surface area contributed by atoms with E-state index in [9.17, 15) is 26.7 Å². The van der Waals surface area contributed by atoms with Crippen LogP contribution in [0, 0.1) is 6.92 Å². The first-order chi connectivity index (χ1) is 9.63. The van der Waals surface area contributed by atoms with Gasteiger partial charge in [-0.1, -0.05) is 12.5 Å². The van der Waals surface area contributed by atoms with Crippen LogP contribution < -0.4 is 0 Å². The summed E-state index contributed by atoms with van der Waals surface area (Å²) in [4.78, 5) is 0. The van der Waals surface area contributed by atoms with Gasteiger partial charge in [-0.2, -0.15) is 13.2 Å². The number of aliphatic hydroxyl groups is 1. The Balaban J connectivity index is 2.34. The zero-order chi connectivity index (χ0) is 15.8. The Hall–Kier alpha value is -1.08. The van der Waals surface area contributed by atoms with Crippen LogP contribution in [0.4, 0.5) is 13.2 Å². The van der Waals surface area contributed by atoms with Gasteiger partial charge in [0.25, 0.3) is 0 Å². The molecule has 0 bridgehead atoms. The topological polar surface area (TPSA) is 54.4 Å². The zero-order valence-corrected chi connectivity index (χ0v) is 12.3. The molecule has 1 fully saturated rings. The molecule has 118 valence electrons. The Bertz CT molecular complexity index is 623. The summed E-state index contributed by atoms with van der Waals surface area (Å²) in [7, 11) is -3.40. The highest BCUT2D eigenvalue weighted by Gasteiger charge is 2.37. The summed E-state index contributed by atoms with van der Waals surface area (Å²) in [5.41, 5.74) is -0.306. The first-order valence-electron chi connectivity index (χ1n) is 6.70. The second-order valence-electron chi connectivity index (χ2n) is 5.42. The van der Waals surface area contributed by atoms with Crippen molar-refractivity contribution in [1.82, 2.24) is 0 Å². The number of aliphatic hydroxyl groups excluding tert-OH is 1. The number of rotatable bonds is 2. The van der Waals surface area contributed by atoms with Crippen molar-refractivity contribution in [2.24, 2.45) is 0 Å². The van der Waals surface area contributed by atoms with Gasteiger partial charge in [0, 0.05) is 0 Å². The fourth-order valence-electron chi connectivity index (χ4n) is 2.72. The smallest absolute Gasteiger partial charge is 0.387 e. The quantitative estimate of drug-likeness (QED) is 0.910. The summed E-state index contributed by atoms with van der Waals surface area (Å²) < 4.78 is 61.8. The van der Waals surface area contributed by atoms with E-state index >= 15 is 0 Å². The van der Waals surface area contributed by atoms with E-state index in [-0.39, 0.29) is 16.9 Å². The molecule has 2 unspecified atom stereocenters. The molecule has 2 rings (SSSR count). The molecule has 1 heterocycles. The normalized spacial score (nSPS) is 23.8. The Morgan fingerprint density at radius 2 is 1.95 bits per heavy atom. The lowest BCUT2D eigenvalue weighted by atomic mass is 9.96. The third kappa shape index (κ3) is 3.40. The number of hydrogen-bond acceptors (Lipinski definition) is 3. The number of hydrogen-bond donors (Lipinski definition) is 1. The van der Waals surface area contributed by atoms with Crippen molar-refractivity contribution in [3.8, 4) is 0 Å². The minimum atomic E-state index is -4.45. The summed E-state index contributed by atoms with van der Waals surface area (Å²) in [5.74, 6) is 0.0222. The summed E-state index contributed by atoms with van der Waals surface area (Å²) in [6.45, 7) is 1.45. The van der Waals surface area contributed by atoms with Crippen LogP contribution in [0.5, 0.6) is 0 Å². The highest BCUT2D eigenvalue weighted by Crippen LogP contribution is 2.35. The molecule has 1 aromatic rings. The largest absolute Gasteiger partial charge is 0.416 e. The molecule has 0 radical (unpaired) electrons. The predicted molar refractivity (Wildman–Crippen MR) is 72.6 cm³/mol. The number of halogens is 3. The van der Waals surface area contributed by atoms with E-state index in [4.69, 9.17) is 0 Å². The molecular weight excluding hydrogens is 305 g/mol. The van der Waals surface area contributed by atoms with E-state index in [1.54, 1.807) is 0 Å². The Labute approximate surface area is 121 Å². The van der Waals surface area contributed by atoms with Crippen molar-refractivity contribution in [3.05, 3.63) is 34.9 Å². The van der Waals surface area contributed by atoms with Gasteiger partial charge in [-0.3, -0.25) is 0 Å². The molecule has 0 amide bonds. The van der Waals surface area contributed by atoms with E-state index in [1.165, 1.54) is 13.0 Å². The van der Waals surface area contributed by atoms with Crippen LogP contribution in [-0.4, -0.2) is 24.5 Å². The van der Waals surface area contributed by atoms with Crippen LogP contribution in [0.1, 0.15) is 42.1 Å². The number of aryl methyl sites for hydroxylation is 1. The second kappa shape index (κ2) is 5.61. The van der Waals surface area contributed by atoms with Gasteiger partial charge in [0.1, 0.15) is 0 Å². The Kier molecular flexibility index (Phi) is 4.35. The predicted octanol–water partition coefficient (Wildman–Crippen LogP) is 3.01. The maximum atomic E-state index is 12.6. The van der Waals surface area contributed by atoms with Crippen LogP contribution in [0.25, 0.3) is 0 Å². The van der Waals surface area contributed by atoms with Gasteiger partial charge in [0.15, 0.2) is 9.84 Å². The maximum absolute atomic E-state index is 12.6. The van der Waals surface area contributed by atoms with Crippen molar-refractivity contribution in [2.45, 2.75) is 43.7 Å². The van der Waals surface area contributed by atoms with Gasteiger partial charge in [0.05, 0.1) is 22.7 Å². The molecule has 1 aromatic carbocycles. The van der Waals surface area contributed by atoms with Gasteiger partial charge in [-0.25, -0.2) is 8.42 Å². The molecule has 0 saturated carbocycles. The minimum Gasteiger partial charge on any atom is -0.387 e. The van der Waals surface area contributed by atoms with Crippen molar-refractivity contribution in [1.29, 1.82) is 0 Å². The lowest BCUT2D eigenvalue weighted by Gasteiger charge is -2.28. The molecule has 21 heavy (non-hydrogen) atoms. The lowest BCUT2D eigenvalue weighted by molar-refractivity contribution is -0.137. The van der Waals surface area contributed by atoms with E-state index in [1.807, 2.05) is 0 Å². The third-order valence-corrected chi connectivity index (χ3v) is 6.17. The minimum absolute atomic E-state index is 0.0222. The first kappa shape index (κ1) is 16.3. The van der Waals surface area contributed by atoms with Crippen molar-refractivity contribution >= 4 is 9.84 Å². The molecule has 1 N–H and O–H groups in total. The molecular formula is C14H17F3O3S. The standard InChI is InChI=1S/C14H17F3O3S/c1-9-8-10(14(15,16)17)5-6-11(9)13(18)12-4-2-3-7-21(12,19)20/h5-6,8,12-13,18H,2-4,7H2,1H3. The Morgan fingerprint density at radius 1 is 1.29 bits per heavy atom. The second-order valence-corrected chi connectivity index (χ2v) is 7.75. The van der Waals surface area contributed by atoms with Crippen LogP contribution in [-0.2, 0) is 16.0 Å². The molecule has 2 atom stereocenters. The summed E-state index contributed by atoms with van der Waals surface area (Å²) in [6.07, 6.45) is -4.13. The highest BCUT2D eigenvalue weighted by atomic mass is 32.2. The summed E-state index contributed by atoms with van der Waals surface area (Å²) >= 11 is 0. The average molecular weight is 322 g/mol. The van der Waals surface area contributed by atoms with Crippen LogP contribution in [0.15, 0.2) is 18.2 Å². The molecule has 1 aliphatic heterocycles. The molecule has 0 aromatic heterocycles. The van der Waals surface area contributed by atoms with E-state index < -0.39 is 32.9 Å². The van der Waals surface area contributed by atoms with Crippen LogP contribution >= 0.6 is 0 Å². The average Bonchev–Trinajstić information content (AvgIpc) is 2.36. The molecule has 0 spiro atoms. The monoisotopic (exact) mass is 322 g/mol. The van der Waals surface area contributed by atoms with Crippen molar-refractivity contribution in [2.75, 3.05) is 5.75 Å².